The normalized spacial score (nSPS) is 27.3. The summed E-state index contributed by atoms with van der Waals surface area (Å²) in [6.45, 7) is 6.99. The molecule has 19 heavy (non-hydrogen) atoms. The largest absolute Gasteiger partial charge is 0.350 e. The molecular formula is C15H24N2OS. The molecule has 1 aromatic heterocycles. The standard InChI is InChI=1S/C15H24N2OS/c1-10-5-4-6-15(16,8-10)14(18)17-9-13-7-11(2)12(3)19-13/h7,10H,4-6,8-9,16H2,1-3H3,(H,17,18). The summed E-state index contributed by atoms with van der Waals surface area (Å²) in [6, 6.07) is 2.15. The lowest BCUT2D eigenvalue weighted by atomic mass is 9.76. The fourth-order valence-electron chi connectivity index (χ4n) is 2.88. The summed E-state index contributed by atoms with van der Waals surface area (Å²) in [7, 11) is 0. The monoisotopic (exact) mass is 280 g/mol. The van der Waals surface area contributed by atoms with E-state index in [1.807, 2.05) is 0 Å². The minimum Gasteiger partial charge on any atom is -0.350 e. The zero-order chi connectivity index (χ0) is 14.0. The van der Waals surface area contributed by atoms with Crippen LogP contribution in [0.2, 0.25) is 0 Å². The molecule has 1 saturated carbocycles. The highest BCUT2D eigenvalue weighted by Crippen LogP contribution is 2.30. The second kappa shape index (κ2) is 5.63. The predicted octanol–water partition coefficient (Wildman–Crippen LogP) is 2.89. The average molecular weight is 280 g/mol. The lowest BCUT2D eigenvalue weighted by Gasteiger charge is -2.35. The first-order chi connectivity index (χ1) is 8.90. The number of thiophene rings is 1. The fourth-order valence-corrected chi connectivity index (χ4v) is 3.87. The molecule has 0 aromatic carbocycles. The second-order valence-electron chi connectivity index (χ2n) is 5.99. The quantitative estimate of drug-likeness (QED) is 0.894. The van der Waals surface area contributed by atoms with Gasteiger partial charge < -0.3 is 11.1 Å². The summed E-state index contributed by atoms with van der Waals surface area (Å²) >= 11 is 1.75. The van der Waals surface area contributed by atoms with Crippen molar-refractivity contribution in [2.24, 2.45) is 11.7 Å². The minimum absolute atomic E-state index is 0.0164. The Morgan fingerprint density at radius 2 is 2.32 bits per heavy atom. The Morgan fingerprint density at radius 3 is 2.89 bits per heavy atom. The van der Waals surface area contributed by atoms with Gasteiger partial charge >= 0.3 is 0 Å². The van der Waals surface area contributed by atoms with Crippen LogP contribution in [0.3, 0.4) is 0 Å². The van der Waals surface area contributed by atoms with Crippen LogP contribution in [-0.2, 0) is 11.3 Å². The summed E-state index contributed by atoms with van der Waals surface area (Å²) < 4.78 is 0. The Hall–Kier alpha value is -0.870. The van der Waals surface area contributed by atoms with Gasteiger partial charge in [-0.05, 0) is 44.2 Å². The summed E-state index contributed by atoms with van der Waals surface area (Å²) in [6.07, 6.45) is 3.87. The van der Waals surface area contributed by atoms with Crippen molar-refractivity contribution in [3.05, 3.63) is 21.4 Å². The number of nitrogens with two attached hydrogens (primary N) is 1. The summed E-state index contributed by atoms with van der Waals surface area (Å²) in [4.78, 5) is 14.8. The number of aryl methyl sites for hydroxylation is 2. The van der Waals surface area contributed by atoms with Crippen molar-refractivity contribution in [3.63, 3.8) is 0 Å². The number of hydrogen-bond acceptors (Lipinski definition) is 3. The van der Waals surface area contributed by atoms with Crippen molar-refractivity contribution in [2.45, 2.75) is 58.5 Å². The van der Waals surface area contributed by atoms with Gasteiger partial charge in [-0.15, -0.1) is 11.3 Å². The second-order valence-corrected chi connectivity index (χ2v) is 7.33. The van der Waals surface area contributed by atoms with E-state index in [9.17, 15) is 4.79 Å². The van der Waals surface area contributed by atoms with Crippen molar-refractivity contribution in [1.29, 1.82) is 0 Å². The van der Waals surface area contributed by atoms with Crippen LogP contribution in [0.5, 0.6) is 0 Å². The molecule has 1 aromatic rings. The maximum Gasteiger partial charge on any atom is 0.240 e. The molecule has 2 unspecified atom stereocenters. The van der Waals surface area contributed by atoms with Crippen molar-refractivity contribution < 1.29 is 4.79 Å². The number of carbonyl (C=O) groups is 1. The van der Waals surface area contributed by atoms with E-state index in [4.69, 9.17) is 5.73 Å². The van der Waals surface area contributed by atoms with Gasteiger partial charge in [0.1, 0.15) is 0 Å². The van der Waals surface area contributed by atoms with Gasteiger partial charge in [0, 0.05) is 9.75 Å². The van der Waals surface area contributed by atoms with E-state index in [-0.39, 0.29) is 5.91 Å². The van der Waals surface area contributed by atoms with E-state index in [1.54, 1.807) is 11.3 Å². The number of rotatable bonds is 3. The zero-order valence-electron chi connectivity index (χ0n) is 12.1. The number of amides is 1. The Balaban J connectivity index is 1.93. The molecule has 1 aliphatic rings. The van der Waals surface area contributed by atoms with Crippen LogP contribution in [0, 0.1) is 19.8 Å². The molecule has 0 radical (unpaired) electrons. The third-order valence-electron chi connectivity index (χ3n) is 4.12. The summed E-state index contributed by atoms with van der Waals surface area (Å²) in [5.74, 6) is 0.568. The molecule has 1 fully saturated rings. The van der Waals surface area contributed by atoms with Gasteiger partial charge in [-0.2, -0.15) is 0 Å². The molecule has 106 valence electrons. The van der Waals surface area contributed by atoms with E-state index in [1.165, 1.54) is 21.7 Å². The van der Waals surface area contributed by atoms with Gasteiger partial charge in [-0.3, -0.25) is 4.79 Å². The first-order valence-corrected chi connectivity index (χ1v) is 7.85. The molecule has 3 N–H and O–H groups in total. The Labute approximate surface area is 119 Å². The fraction of sp³-hybridized carbons (Fsp3) is 0.667. The molecule has 2 atom stereocenters. The van der Waals surface area contributed by atoms with Crippen LogP contribution in [0.4, 0.5) is 0 Å². The Kier molecular flexibility index (Phi) is 4.31. The third-order valence-corrected chi connectivity index (χ3v) is 5.28. The van der Waals surface area contributed by atoms with Gasteiger partial charge in [0.05, 0.1) is 12.1 Å². The smallest absolute Gasteiger partial charge is 0.240 e. The molecule has 1 heterocycles. The average Bonchev–Trinajstić information content (AvgIpc) is 2.65. The molecule has 3 nitrogen and oxygen atoms in total. The van der Waals surface area contributed by atoms with Crippen molar-refractivity contribution >= 4 is 17.2 Å². The van der Waals surface area contributed by atoms with Crippen LogP contribution < -0.4 is 11.1 Å². The Morgan fingerprint density at radius 1 is 1.58 bits per heavy atom. The van der Waals surface area contributed by atoms with E-state index < -0.39 is 5.54 Å². The number of hydrogen-bond donors (Lipinski definition) is 2. The van der Waals surface area contributed by atoms with Gasteiger partial charge in [0.15, 0.2) is 0 Å². The zero-order valence-corrected chi connectivity index (χ0v) is 12.9. The lowest BCUT2D eigenvalue weighted by molar-refractivity contribution is -0.128. The SMILES string of the molecule is Cc1cc(CNC(=O)C2(N)CCCC(C)C2)sc1C. The molecule has 2 rings (SSSR count). The van der Waals surface area contributed by atoms with Gasteiger partial charge in [0.2, 0.25) is 5.91 Å². The molecule has 0 aliphatic heterocycles. The molecule has 1 amide bonds. The first kappa shape index (κ1) is 14.5. The Bertz CT molecular complexity index is 449. The molecule has 4 heteroatoms. The van der Waals surface area contributed by atoms with Crippen LogP contribution in [0.25, 0.3) is 0 Å². The highest BCUT2D eigenvalue weighted by atomic mass is 32.1. The van der Waals surface area contributed by atoms with Crippen molar-refractivity contribution in [1.82, 2.24) is 5.32 Å². The number of carbonyl (C=O) groups excluding carboxylic acids is 1. The van der Waals surface area contributed by atoms with Gasteiger partial charge in [-0.1, -0.05) is 19.8 Å². The molecular weight excluding hydrogens is 256 g/mol. The first-order valence-electron chi connectivity index (χ1n) is 7.04. The van der Waals surface area contributed by atoms with E-state index in [2.05, 4.69) is 32.2 Å². The van der Waals surface area contributed by atoms with Gasteiger partial charge in [0.25, 0.3) is 0 Å². The van der Waals surface area contributed by atoms with Crippen LogP contribution in [0.1, 0.15) is 47.9 Å². The van der Waals surface area contributed by atoms with Crippen molar-refractivity contribution in [3.8, 4) is 0 Å². The highest BCUT2D eigenvalue weighted by Gasteiger charge is 2.37. The molecule has 1 aliphatic carbocycles. The topological polar surface area (TPSA) is 55.1 Å². The summed E-state index contributed by atoms with van der Waals surface area (Å²) in [5.41, 5.74) is 6.92. The van der Waals surface area contributed by atoms with E-state index in [0.717, 1.165) is 19.3 Å². The predicted molar refractivity (Wildman–Crippen MR) is 80.2 cm³/mol. The summed E-state index contributed by atoms with van der Waals surface area (Å²) in [5, 5.41) is 3.02. The van der Waals surface area contributed by atoms with E-state index in [0.29, 0.717) is 12.5 Å². The lowest BCUT2D eigenvalue weighted by Crippen LogP contribution is -2.56. The van der Waals surface area contributed by atoms with Crippen molar-refractivity contribution in [2.75, 3.05) is 0 Å². The van der Waals surface area contributed by atoms with E-state index >= 15 is 0 Å². The molecule has 0 bridgehead atoms. The third kappa shape index (κ3) is 3.37. The maximum absolute atomic E-state index is 12.3. The number of nitrogens with one attached hydrogen (secondary N) is 1. The molecule has 0 spiro atoms. The molecule has 0 saturated heterocycles. The maximum atomic E-state index is 12.3. The van der Waals surface area contributed by atoms with Crippen LogP contribution in [0.15, 0.2) is 6.07 Å². The van der Waals surface area contributed by atoms with Gasteiger partial charge in [-0.25, -0.2) is 0 Å². The minimum atomic E-state index is -0.654. The van der Waals surface area contributed by atoms with Crippen LogP contribution >= 0.6 is 11.3 Å². The van der Waals surface area contributed by atoms with Crippen LogP contribution in [-0.4, -0.2) is 11.4 Å². The highest BCUT2D eigenvalue weighted by molar-refractivity contribution is 7.12.